The number of carbonyl (C=O) groups is 3. The van der Waals surface area contributed by atoms with E-state index in [9.17, 15) is 14.4 Å². The minimum absolute atomic E-state index is 0.0369. The molecule has 0 amide bonds. The van der Waals surface area contributed by atoms with Crippen molar-refractivity contribution in [2.45, 2.75) is 32.1 Å². The monoisotopic (exact) mass is 424 g/mol. The van der Waals surface area contributed by atoms with Crippen molar-refractivity contribution in [2.75, 3.05) is 26.2 Å². The predicted molar refractivity (Wildman–Crippen MR) is 115 cm³/mol. The van der Waals surface area contributed by atoms with Crippen molar-refractivity contribution in [1.82, 2.24) is 10.2 Å². The van der Waals surface area contributed by atoms with Gasteiger partial charge in [0.2, 0.25) is 0 Å². The molecule has 0 bridgehead atoms. The Morgan fingerprint density at radius 2 is 1.48 bits per heavy atom. The summed E-state index contributed by atoms with van der Waals surface area (Å²) in [5.74, 6) is -0.653. The second-order valence-corrected chi connectivity index (χ2v) is 7.62. The van der Waals surface area contributed by atoms with E-state index in [1.165, 1.54) is 0 Å². The van der Waals surface area contributed by atoms with Crippen LogP contribution in [-0.2, 0) is 37.1 Å². The topological polar surface area (TPSA) is 84.9 Å². The number of Topliss-reactive ketones (excluding diaryl/α,β-unsaturated/α-hetero) is 1. The Labute approximate surface area is 182 Å². The first kappa shape index (κ1) is 22.7. The van der Waals surface area contributed by atoms with Crippen LogP contribution in [0.25, 0.3) is 0 Å². The molecular weight excluding hydrogens is 396 g/mol. The van der Waals surface area contributed by atoms with Gasteiger partial charge in [-0.1, -0.05) is 60.7 Å². The Morgan fingerprint density at radius 3 is 2.10 bits per heavy atom. The number of hydrogen-bond acceptors (Lipinski definition) is 7. The quantitative estimate of drug-likeness (QED) is 0.617. The molecule has 1 atom stereocenters. The second-order valence-electron chi connectivity index (χ2n) is 7.62. The molecule has 1 aliphatic heterocycles. The van der Waals surface area contributed by atoms with E-state index in [1.807, 2.05) is 60.7 Å². The van der Waals surface area contributed by atoms with Crippen molar-refractivity contribution in [3.63, 3.8) is 0 Å². The molecule has 1 saturated heterocycles. The molecule has 3 rings (SSSR count). The molecule has 1 fully saturated rings. The van der Waals surface area contributed by atoms with Crippen LogP contribution in [0.5, 0.6) is 0 Å². The van der Waals surface area contributed by atoms with Gasteiger partial charge in [0, 0.05) is 19.0 Å². The van der Waals surface area contributed by atoms with Crippen LogP contribution in [-0.4, -0.2) is 54.8 Å². The molecule has 164 valence electrons. The largest absolute Gasteiger partial charge is 0.460 e. The second kappa shape index (κ2) is 12.0. The molecule has 0 aliphatic carbocycles. The molecule has 1 N–H and O–H groups in total. The molecular formula is C24H28N2O5. The minimum Gasteiger partial charge on any atom is -0.460 e. The summed E-state index contributed by atoms with van der Waals surface area (Å²) >= 11 is 0. The van der Waals surface area contributed by atoms with Crippen LogP contribution in [0.4, 0.5) is 0 Å². The van der Waals surface area contributed by atoms with E-state index in [-0.39, 0.29) is 56.6 Å². The zero-order chi connectivity index (χ0) is 21.9. The molecule has 2 aromatic carbocycles. The van der Waals surface area contributed by atoms with E-state index in [4.69, 9.17) is 9.47 Å². The normalized spacial score (nSPS) is 17.0. The SMILES string of the molecule is O=C1CC[C@H](NCC(=O)OCc2ccccc2)CN(CC(=O)OCc2ccccc2)C1. The van der Waals surface area contributed by atoms with E-state index in [2.05, 4.69) is 5.32 Å². The zero-order valence-electron chi connectivity index (χ0n) is 17.5. The van der Waals surface area contributed by atoms with Crippen LogP contribution >= 0.6 is 0 Å². The van der Waals surface area contributed by atoms with Gasteiger partial charge in [0.25, 0.3) is 0 Å². The summed E-state index contributed by atoms with van der Waals surface area (Å²) in [5, 5.41) is 3.16. The molecule has 31 heavy (non-hydrogen) atoms. The fourth-order valence-electron chi connectivity index (χ4n) is 3.40. The van der Waals surface area contributed by atoms with Crippen LogP contribution in [0.15, 0.2) is 60.7 Å². The van der Waals surface area contributed by atoms with Crippen LogP contribution < -0.4 is 5.32 Å². The lowest BCUT2D eigenvalue weighted by molar-refractivity contribution is -0.147. The first-order valence-corrected chi connectivity index (χ1v) is 10.4. The Bertz CT molecular complexity index is 857. The molecule has 1 aliphatic rings. The number of esters is 2. The van der Waals surface area contributed by atoms with Crippen molar-refractivity contribution in [3.8, 4) is 0 Å². The van der Waals surface area contributed by atoms with Gasteiger partial charge in [-0.25, -0.2) is 0 Å². The Kier molecular flexibility index (Phi) is 8.75. The molecule has 0 radical (unpaired) electrons. The number of nitrogens with one attached hydrogen (secondary N) is 1. The lowest BCUT2D eigenvalue weighted by Gasteiger charge is -2.23. The molecule has 0 aromatic heterocycles. The number of ketones is 1. The Hall–Kier alpha value is -3.03. The predicted octanol–water partition coefficient (Wildman–Crippen LogP) is 2.10. The number of rotatable bonds is 9. The standard InChI is InChI=1S/C24H28N2O5/c27-22-12-11-21(25-13-23(28)30-17-19-7-3-1-4-8-19)14-26(15-22)16-24(29)31-18-20-9-5-2-6-10-20/h1-10,21,25H,11-18H2/t21-/m0/s1. The Morgan fingerprint density at radius 1 is 0.903 bits per heavy atom. The maximum atomic E-state index is 12.2. The number of likely N-dealkylation sites (tertiary alicyclic amines) is 1. The average molecular weight is 424 g/mol. The van der Waals surface area contributed by atoms with Crippen LogP contribution in [0.3, 0.4) is 0 Å². The third-order valence-corrected chi connectivity index (χ3v) is 5.02. The number of carbonyl (C=O) groups excluding carboxylic acids is 3. The van der Waals surface area contributed by atoms with E-state index >= 15 is 0 Å². The van der Waals surface area contributed by atoms with Gasteiger partial charge in [-0.2, -0.15) is 0 Å². The molecule has 0 saturated carbocycles. The Balaban J connectivity index is 1.42. The van der Waals surface area contributed by atoms with Gasteiger partial charge in [-0.3, -0.25) is 19.3 Å². The van der Waals surface area contributed by atoms with Crippen LogP contribution in [0, 0.1) is 0 Å². The minimum atomic E-state index is -0.375. The zero-order valence-corrected chi connectivity index (χ0v) is 17.5. The summed E-state index contributed by atoms with van der Waals surface area (Å²) in [6.45, 7) is 1.21. The van der Waals surface area contributed by atoms with Crippen molar-refractivity contribution >= 4 is 17.7 Å². The molecule has 7 nitrogen and oxygen atoms in total. The van der Waals surface area contributed by atoms with Crippen molar-refractivity contribution < 1.29 is 23.9 Å². The molecule has 2 aromatic rings. The number of ether oxygens (including phenoxy) is 2. The van der Waals surface area contributed by atoms with Crippen molar-refractivity contribution in [2.24, 2.45) is 0 Å². The summed E-state index contributed by atoms with van der Waals surface area (Å²) in [7, 11) is 0. The number of nitrogens with zero attached hydrogens (tertiary/aromatic N) is 1. The average Bonchev–Trinajstić information content (AvgIpc) is 2.96. The molecule has 1 heterocycles. The highest BCUT2D eigenvalue weighted by Crippen LogP contribution is 2.09. The number of hydrogen-bond donors (Lipinski definition) is 1. The lowest BCUT2D eigenvalue weighted by Crippen LogP contribution is -2.44. The maximum Gasteiger partial charge on any atom is 0.320 e. The lowest BCUT2D eigenvalue weighted by atomic mass is 10.1. The van der Waals surface area contributed by atoms with Crippen molar-refractivity contribution in [1.29, 1.82) is 0 Å². The fourth-order valence-corrected chi connectivity index (χ4v) is 3.40. The van der Waals surface area contributed by atoms with E-state index < -0.39 is 0 Å². The highest BCUT2D eigenvalue weighted by molar-refractivity contribution is 5.81. The third kappa shape index (κ3) is 8.32. The summed E-state index contributed by atoms with van der Waals surface area (Å²) in [4.78, 5) is 38.1. The van der Waals surface area contributed by atoms with Gasteiger partial charge in [-0.15, -0.1) is 0 Å². The molecule has 0 spiro atoms. The maximum absolute atomic E-state index is 12.2. The summed E-state index contributed by atoms with van der Waals surface area (Å²) in [6, 6.07) is 18.8. The molecule has 7 heteroatoms. The van der Waals surface area contributed by atoms with Gasteiger partial charge in [-0.05, 0) is 17.5 Å². The van der Waals surface area contributed by atoms with E-state index in [1.54, 1.807) is 4.90 Å². The fraction of sp³-hybridized carbons (Fsp3) is 0.375. The van der Waals surface area contributed by atoms with Crippen LogP contribution in [0.2, 0.25) is 0 Å². The van der Waals surface area contributed by atoms with Gasteiger partial charge >= 0.3 is 11.9 Å². The first-order chi connectivity index (χ1) is 15.1. The summed E-state index contributed by atoms with van der Waals surface area (Å²) in [6.07, 6.45) is 1.02. The van der Waals surface area contributed by atoms with Gasteiger partial charge in [0.1, 0.15) is 19.0 Å². The van der Waals surface area contributed by atoms with E-state index in [0.29, 0.717) is 19.4 Å². The van der Waals surface area contributed by atoms with Crippen LogP contribution in [0.1, 0.15) is 24.0 Å². The van der Waals surface area contributed by atoms with Crippen molar-refractivity contribution in [3.05, 3.63) is 71.8 Å². The highest BCUT2D eigenvalue weighted by atomic mass is 16.5. The van der Waals surface area contributed by atoms with Gasteiger partial charge in [0.05, 0.1) is 19.6 Å². The summed E-state index contributed by atoms with van der Waals surface area (Å²) < 4.78 is 10.6. The molecule has 0 unspecified atom stereocenters. The third-order valence-electron chi connectivity index (χ3n) is 5.02. The smallest absolute Gasteiger partial charge is 0.320 e. The highest BCUT2D eigenvalue weighted by Gasteiger charge is 2.24. The number of benzene rings is 2. The van der Waals surface area contributed by atoms with Gasteiger partial charge < -0.3 is 14.8 Å². The van der Waals surface area contributed by atoms with Gasteiger partial charge in [0.15, 0.2) is 0 Å². The first-order valence-electron chi connectivity index (χ1n) is 10.4. The summed E-state index contributed by atoms with van der Waals surface area (Å²) in [5.41, 5.74) is 1.84. The van der Waals surface area contributed by atoms with E-state index in [0.717, 1.165) is 11.1 Å².